The molecule has 28 heavy (non-hydrogen) atoms. The van der Waals surface area contributed by atoms with Crippen LogP contribution in [0.5, 0.6) is 5.75 Å². The maximum absolute atomic E-state index is 12.7. The number of phenolic OH excluding ortho intramolecular Hbond substituents is 1. The van der Waals surface area contributed by atoms with E-state index >= 15 is 0 Å². The van der Waals surface area contributed by atoms with E-state index < -0.39 is 6.29 Å². The number of carbonyl (C=O) groups is 1. The fourth-order valence-corrected chi connectivity index (χ4v) is 3.57. The predicted octanol–water partition coefficient (Wildman–Crippen LogP) is 2.83. The fraction of sp³-hybridized carbons (Fsp3) is 0.350. The van der Waals surface area contributed by atoms with Crippen LogP contribution in [0.2, 0.25) is 0 Å². The van der Waals surface area contributed by atoms with Gasteiger partial charge in [-0.3, -0.25) is 4.79 Å². The van der Waals surface area contributed by atoms with Crippen LogP contribution in [0.1, 0.15) is 17.2 Å². The molecule has 1 aliphatic heterocycles. The molecule has 0 bridgehead atoms. The van der Waals surface area contributed by atoms with E-state index in [9.17, 15) is 9.90 Å². The Labute approximate surface area is 167 Å². The largest absolute Gasteiger partial charge is 0.508 e. The Hall–Kier alpha value is -2.39. The van der Waals surface area contributed by atoms with Crippen molar-refractivity contribution in [3.8, 4) is 5.75 Å². The minimum atomic E-state index is -0.574. The number of anilines is 1. The number of carbonyl (C=O) groups excluding carboxylic acids is 1. The second-order valence-electron chi connectivity index (χ2n) is 6.14. The molecular formula is C20H23NO6S. The first kappa shape index (κ1) is 20.3. The maximum Gasteiger partial charge on any atom is 0.290 e. The lowest BCUT2D eigenvalue weighted by molar-refractivity contribution is -0.148. The number of aromatic hydroxyl groups is 1. The van der Waals surface area contributed by atoms with Crippen molar-refractivity contribution >= 4 is 22.9 Å². The van der Waals surface area contributed by atoms with Gasteiger partial charge in [0.05, 0.1) is 26.4 Å². The number of phenols is 1. The molecule has 8 heteroatoms. The highest BCUT2D eigenvalue weighted by Crippen LogP contribution is 2.34. The number of amides is 1. The molecule has 1 aromatic heterocycles. The van der Waals surface area contributed by atoms with Gasteiger partial charge in [0.1, 0.15) is 5.75 Å². The van der Waals surface area contributed by atoms with Crippen LogP contribution in [0.15, 0.2) is 53.6 Å². The van der Waals surface area contributed by atoms with Gasteiger partial charge in [-0.2, -0.15) is 0 Å². The van der Waals surface area contributed by atoms with Gasteiger partial charge in [0, 0.05) is 22.9 Å². The fourth-order valence-electron chi connectivity index (χ4n) is 2.76. The number of aliphatic hydroxyl groups is 1. The van der Waals surface area contributed by atoms with Crippen molar-refractivity contribution in [1.29, 1.82) is 0 Å². The summed E-state index contributed by atoms with van der Waals surface area (Å²) in [7, 11) is 0. The van der Waals surface area contributed by atoms with E-state index in [0.29, 0.717) is 25.3 Å². The van der Waals surface area contributed by atoms with Crippen molar-refractivity contribution in [3.05, 3.63) is 58.5 Å². The summed E-state index contributed by atoms with van der Waals surface area (Å²) in [5.41, 5.74) is 0.556. The number of aliphatic hydroxyl groups excluding tert-OH is 1. The van der Waals surface area contributed by atoms with E-state index in [0.717, 1.165) is 4.88 Å². The Kier molecular flexibility index (Phi) is 7.44. The maximum atomic E-state index is 12.7. The first-order valence-electron chi connectivity index (χ1n) is 8.98. The lowest BCUT2D eigenvalue weighted by Crippen LogP contribution is -2.30. The molecule has 7 nitrogen and oxygen atoms in total. The van der Waals surface area contributed by atoms with Gasteiger partial charge in [-0.1, -0.05) is 6.07 Å². The van der Waals surface area contributed by atoms with Crippen LogP contribution < -0.4 is 5.32 Å². The zero-order valence-electron chi connectivity index (χ0n) is 15.2. The van der Waals surface area contributed by atoms with E-state index in [1.165, 1.54) is 12.1 Å². The van der Waals surface area contributed by atoms with Gasteiger partial charge in [0.25, 0.3) is 5.91 Å². The molecule has 0 saturated carbocycles. The van der Waals surface area contributed by atoms with Gasteiger partial charge >= 0.3 is 0 Å². The molecule has 0 fully saturated rings. The van der Waals surface area contributed by atoms with E-state index in [1.54, 1.807) is 23.5 Å². The van der Waals surface area contributed by atoms with Crippen LogP contribution in [-0.2, 0) is 19.0 Å². The van der Waals surface area contributed by atoms with Crippen molar-refractivity contribution in [2.75, 3.05) is 31.7 Å². The average Bonchev–Trinajstić information content (AvgIpc) is 3.24. The van der Waals surface area contributed by atoms with Crippen LogP contribution in [0.3, 0.4) is 0 Å². The standard InChI is InChI=1S/C20H23NO6S/c22-7-8-25-9-10-26-19-13-14(18-2-1-11-28-18)12-17(27-19)20(24)21-15-3-5-16(23)6-4-15/h1-6,11-12,14,19,22-23H,7-10,13H2,(H,21,24)/t14-,19+/m1/s1. The Morgan fingerprint density at radius 3 is 2.75 bits per heavy atom. The molecule has 0 radical (unpaired) electrons. The number of allylic oxidation sites excluding steroid dienone is 1. The van der Waals surface area contributed by atoms with E-state index in [1.807, 2.05) is 23.6 Å². The van der Waals surface area contributed by atoms with Crippen LogP contribution >= 0.6 is 11.3 Å². The van der Waals surface area contributed by atoms with Crippen molar-refractivity contribution in [2.45, 2.75) is 18.6 Å². The van der Waals surface area contributed by atoms with E-state index in [4.69, 9.17) is 19.3 Å². The van der Waals surface area contributed by atoms with Crippen LogP contribution in [0.25, 0.3) is 0 Å². The van der Waals surface area contributed by atoms with Gasteiger partial charge < -0.3 is 29.7 Å². The SMILES string of the molecule is O=C(Nc1ccc(O)cc1)C1=C[C@@H](c2cccs2)C[C@@H](OCCOCCO)O1. The molecular weight excluding hydrogens is 382 g/mol. The average molecular weight is 405 g/mol. The first-order chi connectivity index (χ1) is 13.7. The summed E-state index contributed by atoms with van der Waals surface area (Å²) in [4.78, 5) is 13.8. The monoisotopic (exact) mass is 405 g/mol. The van der Waals surface area contributed by atoms with E-state index in [-0.39, 0.29) is 36.5 Å². The number of benzene rings is 1. The van der Waals surface area contributed by atoms with Gasteiger partial charge in [-0.25, -0.2) is 0 Å². The van der Waals surface area contributed by atoms with E-state index in [2.05, 4.69) is 5.32 Å². The van der Waals surface area contributed by atoms with Crippen molar-refractivity contribution in [2.24, 2.45) is 0 Å². The summed E-state index contributed by atoms with van der Waals surface area (Å²) < 4.78 is 16.7. The summed E-state index contributed by atoms with van der Waals surface area (Å²) in [5, 5.41) is 22.8. The highest BCUT2D eigenvalue weighted by molar-refractivity contribution is 7.10. The second kappa shape index (κ2) is 10.2. The number of thiophene rings is 1. The Morgan fingerprint density at radius 2 is 2.04 bits per heavy atom. The topological polar surface area (TPSA) is 97.3 Å². The number of rotatable bonds is 9. The Bertz CT molecular complexity index is 775. The second-order valence-corrected chi connectivity index (χ2v) is 7.12. The normalized spacial score (nSPS) is 19.0. The molecule has 1 aliphatic rings. The molecule has 0 aliphatic carbocycles. The van der Waals surface area contributed by atoms with Crippen molar-refractivity contribution in [3.63, 3.8) is 0 Å². The van der Waals surface area contributed by atoms with Crippen LogP contribution in [0.4, 0.5) is 5.69 Å². The molecule has 1 amide bonds. The van der Waals surface area contributed by atoms with Gasteiger partial charge in [0.2, 0.25) is 6.29 Å². The summed E-state index contributed by atoms with van der Waals surface area (Å²) in [6, 6.07) is 10.2. The smallest absolute Gasteiger partial charge is 0.290 e. The summed E-state index contributed by atoms with van der Waals surface area (Å²) in [6.45, 7) is 0.856. The lowest BCUT2D eigenvalue weighted by atomic mass is 9.99. The highest BCUT2D eigenvalue weighted by Gasteiger charge is 2.29. The third-order valence-electron chi connectivity index (χ3n) is 4.08. The van der Waals surface area contributed by atoms with Crippen molar-refractivity contribution < 1.29 is 29.2 Å². The van der Waals surface area contributed by atoms with Gasteiger partial charge in [0.15, 0.2) is 5.76 Å². The molecule has 0 spiro atoms. The minimum absolute atomic E-state index is 0.0117. The van der Waals surface area contributed by atoms with Gasteiger partial charge in [-0.15, -0.1) is 11.3 Å². The zero-order valence-corrected chi connectivity index (χ0v) is 16.1. The molecule has 2 aromatic rings. The third-order valence-corrected chi connectivity index (χ3v) is 5.09. The zero-order chi connectivity index (χ0) is 19.8. The first-order valence-corrected chi connectivity index (χ1v) is 9.86. The number of ether oxygens (including phenoxy) is 3. The lowest BCUT2D eigenvalue weighted by Gasteiger charge is -2.28. The van der Waals surface area contributed by atoms with Crippen molar-refractivity contribution in [1.82, 2.24) is 0 Å². The molecule has 3 rings (SSSR count). The third kappa shape index (κ3) is 5.80. The Balaban J connectivity index is 1.66. The summed E-state index contributed by atoms with van der Waals surface area (Å²) >= 11 is 1.62. The minimum Gasteiger partial charge on any atom is -0.508 e. The van der Waals surface area contributed by atoms with Crippen LogP contribution in [0, 0.1) is 0 Å². The predicted molar refractivity (Wildman–Crippen MR) is 105 cm³/mol. The van der Waals surface area contributed by atoms with Crippen LogP contribution in [-0.4, -0.2) is 48.8 Å². The highest BCUT2D eigenvalue weighted by atomic mass is 32.1. The number of hydrogen-bond acceptors (Lipinski definition) is 7. The van der Waals surface area contributed by atoms with Gasteiger partial charge in [-0.05, 0) is 41.8 Å². The summed E-state index contributed by atoms with van der Waals surface area (Å²) in [5.74, 6) is -0.0467. The number of nitrogens with one attached hydrogen (secondary N) is 1. The molecule has 3 N–H and O–H groups in total. The molecule has 2 atom stereocenters. The molecule has 2 heterocycles. The quantitative estimate of drug-likeness (QED) is 0.438. The summed E-state index contributed by atoms with van der Waals surface area (Å²) in [6.07, 6.45) is 1.83. The Morgan fingerprint density at radius 1 is 1.21 bits per heavy atom. The molecule has 0 unspecified atom stereocenters. The number of hydrogen-bond donors (Lipinski definition) is 3. The molecule has 0 saturated heterocycles. The molecule has 150 valence electrons. The molecule has 1 aromatic carbocycles.